The van der Waals surface area contributed by atoms with Crippen LogP contribution in [0.5, 0.6) is 0 Å². The number of hydrogen-bond donors (Lipinski definition) is 0. The average molecular weight is 512 g/mol. The molecule has 2 aliphatic rings. The summed E-state index contributed by atoms with van der Waals surface area (Å²) in [4.78, 5) is 16.9. The van der Waals surface area contributed by atoms with Crippen LogP contribution in [0.4, 0.5) is 11.4 Å². The van der Waals surface area contributed by atoms with Crippen LogP contribution < -0.4 is 4.90 Å². The van der Waals surface area contributed by atoms with E-state index >= 15 is 0 Å². The van der Waals surface area contributed by atoms with Crippen LogP contribution >= 0.6 is 11.8 Å². The van der Waals surface area contributed by atoms with Crippen molar-refractivity contribution in [2.45, 2.75) is 49.4 Å². The second-order valence-electron chi connectivity index (χ2n) is 9.78. The Kier molecular flexibility index (Phi) is 8.09. The number of ether oxygens (including phenoxy) is 2. The molecule has 2 heterocycles. The monoisotopic (exact) mass is 511 g/mol. The van der Waals surface area contributed by atoms with Crippen LogP contribution in [0.25, 0.3) is 6.08 Å². The second kappa shape index (κ2) is 10.9. The molecule has 2 aliphatic heterocycles. The number of rotatable bonds is 11. The summed E-state index contributed by atoms with van der Waals surface area (Å²) in [5, 5.41) is 11.8. The molecule has 0 aliphatic carbocycles. The predicted molar refractivity (Wildman–Crippen MR) is 147 cm³/mol. The molecule has 8 heteroatoms. The zero-order valence-corrected chi connectivity index (χ0v) is 22.8. The zero-order valence-electron chi connectivity index (χ0n) is 22.0. The Balaban J connectivity index is 1.73. The van der Waals surface area contributed by atoms with Crippen LogP contribution in [0.3, 0.4) is 0 Å². The maximum absolute atomic E-state index is 11.8. The van der Waals surface area contributed by atoms with Crippen LogP contribution in [0, 0.1) is 10.1 Å². The van der Waals surface area contributed by atoms with Gasteiger partial charge in [-0.3, -0.25) is 15.0 Å². The van der Waals surface area contributed by atoms with Gasteiger partial charge in [0, 0.05) is 68.0 Å². The highest BCUT2D eigenvalue weighted by molar-refractivity contribution is 8.01. The molecule has 7 nitrogen and oxygen atoms in total. The first kappa shape index (κ1) is 26.7. The highest BCUT2D eigenvalue weighted by Crippen LogP contribution is 2.61. The second-order valence-corrected chi connectivity index (χ2v) is 11.0. The molecule has 0 saturated carbocycles. The average Bonchev–Trinajstić information content (AvgIpc) is 3.02. The number of likely N-dealkylation sites (N-methyl/N-ethyl adjacent to an activating group) is 1. The minimum atomic E-state index is -0.337. The number of nitro groups is 1. The van der Waals surface area contributed by atoms with Crippen LogP contribution in [-0.4, -0.2) is 61.3 Å². The van der Waals surface area contributed by atoms with E-state index in [0.29, 0.717) is 33.0 Å². The Morgan fingerprint density at radius 1 is 1.08 bits per heavy atom. The van der Waals surface area contributed by atoms with E-state index in [4.69, 9.17) is 9.47 Å². The van der Waals surface area contributed by atoms with Crippen molar-refractivity contribution in [1.29, 1.82) is 0 Å². The Hall–Kier alpha value is -2.39. The predicted octanol–water partition coefficient (Wildman–Crippen LogP) is 5.71. The van der Waals surface area contributed by atoms with Crippen molar-refractivity contribution in [3.63, 3.8) is 0 Å². The summed E-state index contributed by atoms with van der Waals surface area (Å²) in [7, 11) is 2.15. The molecule has 194 valence electrons. The summed E-state index contributed by atoms with van der Waals surface area (Å²) in [6, 6.07) is 12.0. The van der Waals surface area contributed by atoms with E-state index in [2.05, 4.69) is 67.1 Å². The lowest BCUT2D eigenvalue weighted by molar-refractivity contribution is -0.385. The Labute approximate surface area is 218 Å². The molecule has 1 spiro atoms. The van der Waals surface area contributed by atoms with E-state index in [1.54, 1.807) is 12.1 Å². The van der Waals surface area contributed by atoms with Crippen molar-refractivity contribution in [3.8, 4) is 0 Å². The molecule has 0 fully saturated rings. The lowest BCUT2D eigenvalue weighted by atomic mass is 9.79. The van der Waals surface area contributed by atoms with Crippen LogP contribution in [0.15, 0.2) is 47.4 Å². The standard InChI is InChI=1S/C28H37N3O4S/c1-6-34-16-14-30(15-17-35-7-2)20-22-19-23(31(32)33)18-21-12-13-28(36-26(21)22)27(3,4)24-10-8-9-11-25(24)29(28)5/h8-13,18-19H,6-7,14-17,20H2,1-5H3. The molecule has 0 aromatic heterocycles. The number of non-ortho nitro benzene ring substituents is 1. The van der Waals surface area contributed by atoms with Gasteiger partial charge in [-0.1, -0.05) is 49.9 Å². The summed E-state index contributed by atoms with van der Waals surface area (Å²) in [5.74, 6) is 0. The van der Waals surface area contributed by atoms with E-state index in [1.807, 2.05) is 25.6 Å². The van der Waals surface area contributed by atoms with Gasteiger partial charge in [0.2, 0.25) is 0 Å². The van der Waals surface area contributed by atoms with Gasteiger partial charge < -0.3 is 14.4 Å². The lowest BCUT2D eigenvalue weighted by Gasteiger charge is -2.46. The van der Waals surface area contributed by atoms with Gasteiger partial charge in [0.25, 0.3) is 5.69 Å². The summed E-state index contributed by atoms with van der Waals surface area (Å²) < 4.78 is 11.2. The van der Waals surface area contributed by atoms with Crippen LogP contribution in [0.2, 0.25) is 0 Å². The fraction of sp³-hybridized carbons (Fsp3) is 0.500. The number of nitro benzene ring substituents is 1. The van der Waals surface area contributed by atoms with Gasteiger partial charge in [-0.15, -0.1) is 0 Å². The van der Waals surface area contributed by atoms with Gasteiger partial charge in [0.05, 0.1) is 18.1 Å². The molecule has 1 unspecified atom stereocenters. The number of fused-ring (bicyclic) bond motifs is 2. The lowest BCUT2D eigenvalue weighted by Crippen LogP contribution is -2.50. The molecule has 1 atom stereocenters. The van der Waals surface area contributed by atoms with Gasteiger partial charge in [0.1, 0.15) is 4.87 Å². The van der Waals surface area contributed by atoms with E-state index in [0.717, 1.165) is 29.1 Å². The summed E-state index contributed by atoms with van der Waals surface area (Å²) in [5.41, 5.74) is 4.38. The van der Waals surface area contributed by atoms with Crippen molar-refractivity contribution in [3.05, 3.63) is 69.3 Å². The molecule has 36 heavy (non-hydrogen) atoms. The largest absolute Gasteiger partial charge is 0.380 e. The van der Waals surface area contributed by atoms with Gasteiger partial charge in [-0.25, -0.2) is 0 Å². The molecule has 4 rings (SSSR count). The highest BCUT2D eigenvalue weighted by Gasteiger charge is 2.56. The molecule has 2 aromatic rings. The molecule has 0 amide bonds. The summed E-state index contributed by atoms with van der Waals surface area (Å²) in [6.45, 7) is 13.2. The van der Waals surface area contributed by atoms with Crippen molar-refractivity contribution >= 4 is 29.2 Å². The number of para-hydroxylation sites is 1. The van der Waals surface area contributed by atoms with Gasteiger partial charge in [-0.2, -0.15) is 0 Å². The minimum Gasteiger partial charge on any atom is -0.380 e. The maximum Gasteiger partial charge on any atom is 0.270 e. The number of hydrogen-bond acceptors (Lipinski definition) is 7. The third-order valence-corrected chi connectivity index (χ3v) is 9.31. The fourth-order valence-corrected chi connectivity index (χ4v) is 6.90. The molecular weight excluding hydrogens is 474 g/mol. The number of thioether (sulfide) groups is 1. The Morgan fingerprint density at radius 3 is 2.36 bits per heavy atom. The third kappa shape index (κ3) is 4.79. The molecule has 2 aromatic carbocycles. The molecule has 0 bridgehead atoms. The highest BCUT2D eigenvalue weighted by atomic mass is 32.2. The SMILES string of the molecule is CCOCCN(CCOCC)Cc1cc([N+](=O)[O-])cc2c1SC1(C=C2)N(C)c2ccccc2C1(C)C. The maximum atomic E-state index is 11.8. The molecular formula is C28H37N3O4S. The molecule has 0 saturated heterocycles. The summed E-state index contributed by atoms with van der Waals surface area (Å²) >= 11 is 1.81. The number of nitrogens with zero attached hydrogens (tertiary/aromatic N) is 3. The Morgan fingerprint density at radius 2 is 1.75 bits per heavy atom. The topological polar surface area (TPSA) is 68.1 Å². The first-order chi connectivity index (χ1) is 17.2. The zero-order chi connectivity index (χ0) is 25.9. The third-order valence-electron chi connectivity index (χ3n) is 7.38. The molecule has 0 N–H and O–H groups in total. The van der Waals surface area contributed by atoms with Crippen molar-refractivity contribution in [2.75, 3.05) is 51.5 Å². The van der Waals surface area contributed by atoms with Crippen LogP contribution in [-0.2, 0) is 21.4 Å². The quantitative estimate of drug-likeness (QED) is 0.217. The van der Waals surface area contributed by atoms with Gasteiger partial charge in [-0.05, 0) is 42.7 Å². The first-order valence-electron chi connectivity index (χ1n) is 12.7. The van der Waals surface area contributed by atoms with Crippen molar-refractivity contribution < 1.29 is 14.4 Å². The first-order valence-corrected chi connectivity index (χ1v) is 13.5. The summed E-state index contributed by atoms with van der Waals surface area (Å²) in [6.07, 6.45) is 4.31. The van der Waals surface area contributed by atoms with E-state index < -0.39 is 0 Å². The van der Waals surface area contributed by atoms with Crippen molar-refractivity contribution in [1.82, 2.24) is 4.90 Å². The van der Waals surface area contributed by atoms with Gasteiger partial charge in [0.15, 0.2) is 0 Å². The smallest absolute Gasteiger partial charge is 0.270 e. The molecule has 0 radical (unpaired) electrons. The fourth-order valence-electron chi connectivity index (χ4n) is 5.35. The normalized spacial score (nSPS) is 19.7. The van der Waals surface area contributed by atoms with Crippen molar-refractivity contribution in [2.24, 2.45) is 0 Å². The van der Waals surface area contributed by atoms with E-state index in [-0.39, 0.29) is 20.9 Å². The van der Waals surface area contributed by atoms with E-state index in [9.17, 15) is 10.1 Å². The minimum absolute atomic E-state index is 0.127. The number of benzene rings is 2. The van der Waals surface area contributed by atoms with Crippen LogP contribution in [0.1, 0.15) is 44.4 Å². The van der Waals surface area contributed by atoms with Gasteiger partial charge >= 0.3 is 0 Å². The van der Waals surface area contributed by atoms with E-state index in [1.165, 1.54) is 11.3 Å². The number of anilines is 1. The Bertz CT molecular complexity index is 1130.